The third-order valence-electron chi connectivity index (χ3n) is 1.38. The molecule has 1 rings (SSSR count). The summed E-state index contributed by atoms with van der Waals surface area (Å²) in [6.45, 7) is 1.87. The second-order valence-electron chi connectivity index (χ2n) is 2.31. The predicted octanol–water partition coefficient (Wildman–Crippen LogP) is 0.980. The van der Waals surface area contributed by atoms with Gasteiger partial charge in [0, 0.05) is 0 Å². The maximum atomic E-state index is 12.6. The number of nitrogens with two attached hydrogens (primary N) is 1. The minimum atomic E-state index is -0.660. The Labute approximate surface area is 74.5 Å². The molecule has 0 fully saturated rings. The van der Waals surface area contributed by atoms with Crippen LogP contribution in [-0.4, -0.2) is 17.6 Å². The van der Waals surface area contributed by atoms with Crippen molar-refractivity contribution in [1.82, 2.24) is 4.98 Å². The van der Waals surface area contributed by atoms with Crippen LogP contribution in [0.3, 0.4) is 0 Å². The molecule has 1 heterocycles. The molecule has 0 aliphatic rings. The van der Waals surface area contributed by atoms with Crippen molar-refractivity contribution in [1.29, 1.82) is 0 Å². The number of ether oxygens (including phenoxy) is 1. The van der Waals surface area contributed by atoms with E-state index in [4.69, 9.17) is 5.73 Å². The number of nitrogen functional groups attached to an aromatic ring is 1. The van der Waals surface area contributed by atoms with E-state index in [1.807, 2.05) is 0 Å². The minimum Gasteiger partial charge on any atom is -0.462 e. The Morgan fingerprint density at radius 1 is 1.77 bits per heavy atom. The molecular weight excluding hydrogens is 175 g/mol. The topological polar surface area (TPSA) is 65.2 Å². The molecule has 0 saturated carbocycles. The van der Waals surface area contributed by atoms with Crippen molar-refractivity contribution >= 4 is 11.8 Å². The van der Waals surface area contributed by atoms with E-state index in [1.165, 1.54) is 0 Å². The van der Waals surface area contributed by atoms with Gasteiger partial charge in [0.15, 0.2) is 0 Å². The standard InChI is InChI=1S/C8H9FN2O2/c1-2-13-8(12)6-3-5(9)4-11-7(6)10/h3-4H,2H2,1H3,(H2,10,11). The summed E-state index contributed by atoms with van der Waals surface area (Å²) in [5.41, 5.74) is 5.30. The fourth-order valence-electron chi connectivity index (χ4n) is 0.822. The van der Waals surface area contributed by atoms with E-state index in [-0.39, 0.29) is 18.0 Å². The molecule has 0 saturated heterocycles. The molecule has 0 bridgehead atoms. The number of nitrogens with zero attached hydrogens (tertiary/aromatic N) is 1. The van der Waals surface area contributed by atoms with E-state index < -0.39 is 11.8 Å². The zero-order valence-corrected chi connectivity index (χ0v) is 7.08. The van der Waals surface area contributed by atoms with Gasteiger partial charge in [-0.25, -0.2) is 14.2 Å². The summed E-state index contributed by atoms with van der Waals surface area (Å²) >= 11 is 0. The third-order valence-corrected chi connectivity index (χ3v) is 1.38. The Hall–Kier alpha value is -1.65. The van der Waals surface area contributed by atoms with Crippen LogP contribution < -0.4 is 5.73 Å². The summed E-state index contributed by atoms with van der Waals surface area (Å²) in [4.78, 5) is 14.6. The van der Waals surface area contributed by atoms with E-state index in [2.05, 4.69) is 9.72 Å². The zero-order valence-electron chi connectivity index (χ0n) is 7.08. The normalized spacial score (nSPS) is 9.69. The van der Waals surface area contributed by atoms with Gasteiger partial charge in [-0.05, 0) is 13.0 Å². The number of pyridine rings is 1. The highest BCUT2D eigenvalue weighted by Crippen LogP contribution is 2.10. The molecule has 0 radical (unpaired) electrons. The first kappa shape index (κ1) is 9.44. The van der Waals surface area contributed by atoms with Crippen molar-refractivity contribution < 1.29 is 13.9 Å². The average Bonchev–Trinajstić information content (AvgIpc) is 2.09. The third kappa shape index (κ3) is 2.14. The zero-order chi connectivity index (χ0) is 9.84. The molecule has 2 N–H and O–H groups in total. The molecule has 70 valence electrons. The number of hydrogen-bond donors (Lipinski definition) is 1. The van der Waals surface area contributed by atoms with Crippen molar-refractivity contribution in [2.24, 2.45) is 0 Å². The van der Waals surface area contributed by atoms with E-state index >= 15 is 0 Å². The Morgan fingerprint density at radius 2 is 2.46 bits per heavy atom. The Balaban J connectivity index is 2.99. The van der Waals surface area contributed by atoms with Crippen molar-refractivity contribution in [2.45, 2.75) is 6.92 Å². The van der Waals surface area contributed by atoms with E-state index in [1.54, 1.807) is 6.92 Å². The van der Waals surface area contributed by atoms with Gasteiger partial charge in [0.1, 0.15) is 17.2 Å². The molecule has 5 heteroatoms. The van der Waals surface area contributed by atoms with Crippen LogP contribution in [0.15, 0.2) is 12.3 Å². The highest BCUT2D eigenvalue weighted by molar-refractivity contribution is 5.93. The van der Waals surface area contributed by atoms with Gasteiger partial charge in [-0.2, -0.15) is 0 Å². The largest absolute Gasteiger partial charge is 0.462 e. The van der Waals surface area contributed by atoms with Crippen LogP contribution >= 0.6 is 0 Å². The van der Waals surface area contributed by atoms with Gasteiger partial charge in [-0.1, -0.05) is 0 Å². The van der Waals surface area contributed by atoms with Gasteiger partial charge < -0.3 is 10.5 Å². The number of hydrogen-bond acceptors (Lipinski definition) is 4. The molecule has 0 aromatic carbocycles. The smallest absolute Gasteiger partial charge is 0.341 e. The van der Waals surface area contributed by atoms with Crippen molar-refractivity contribution in [3.63, 3.8) is 0 Å². The molecule has 0 amide bonds. The van der Waals surface area contributed by atoms with Gasteiger partial charge in [-0.3, -0.25) is 0 Å². The monoisotopic (exact) mass is 184 g/mol. The van der Waals surface area contributed by atoms with Gasteiger partial charge in [-0.15, -0.1) is 0 Å². The Kier molecular flexibility index (Phi) is 2.79. The van der Waals surface area contributed by atoms with E-state index in [9.17, 15) is 9.18 Å². The minimum absolute atomic E-state index is 0.0279. The van der Waals surface area contributed by atoms with Crippen molar-refractivity contribution in [3.8, 4) is 0 Å². The van der Waals surface area contributed by atoms with Crippen LogP contribution in [0.25, 0.3) is 0 Å². The molecule has 13 heavy (non-hydrogen) atoms. The van der Waals surface area contributed by atoms with Gasteiger partial charge >= 0.3 is 5.97 Å². The molecule has 0 unspecified atom stereocenters. The molecule has 0 aliphatic heterocycles. The molecule has 0 aliphatic carbocycles. The molecular formula is C8H9FN2O2. The number of anilines is 1. The van der Waals surface area contributed by atoms with E-state index in [0.29, 0.717) is 0 Å². The molecule has 0 atom stereocenters. The summed E-state index contributed by atoms with van der Waals surface area (Å²) in [7, 11) is 0. The quantitative estimate of drug-likeness (QED) is 0.696. The summed E-state index contributed by atoms with van der Waals surface area (Å²) in [5.74, 6) is -1.30. The highest BCUT2D eigenvalue weighted by atomic mass is 19.1. The number of carbonyl (C=O) groups excluding carboxylic acids is 1. The number of rotatable bonds is 2. The first-order chi connectivity index (χ1) is 6.15. The lowest BCUT2D eigenvalue weighted by molar-refractivity contribution is 0.0526. The van der Waals surface area contributed by atoms with Crippen LogP contribution in [0, 0.1) is 5.82 Å². The second kappa shape index (κ2) is 3.84. The lowest BCUT2D eigenvalue weighted by Gasteiger charge is -2.03. The lowest BCUT2D eigenvalue weighted by Crippen LogP contribution is -2.09. The second-order valence-corrected chi connectivity index (χ2v) is 2.31. The van der Waals surface area contributed by atoms with Gasteiger partial charge in [0.05, 0.1) is 12.8 Å². The maximum absolute atomic E-state index is 12.6. The van der Waals surface area contributed by atoms with Crippen LogP contribution in [-0.2, 0) is 4.74 Å². The average molecular weight is 184 g/mol. The summed E-state index contributed by atoms with van der Waals surface area (Å²) in [5, 5.41) is 0. The molecule has 4 nitrogen and oxygen atoms in total. The van der Waals surface area contributed by atoms with Gasteiger partial charge in [0.2, 0.25) is 0 Å². The van der Waals surface area contributed by atoms with E-state index in [0.717, 1.165) is 12.3 Å². The number of halogens is 1. The van der Waals surface area contributed by atoms with Crippen LogP contribution in [0.4, 0.5) is 10.2 Å². The maximum Gasteiger partial charge on any atom is 0.341 e. The highest BCUT2D eigenvalue weighted by Gasteiger charge is 2.12. The fraction of sp³-hybridized carbons (Fsp3) is 0.250. The van der Waals surface area contributed by atoms with Crippen molar-refractivity contribution in [3.05, 3.63) is 23.6 Å². The number of carbonyl (C=O) groups is 1. The first-order valence-electron chi connectivity index (χ1n) is 3.73. The number of esters is 1. The van der Waals surface area contributed by atoms with Gasteiger partial charge in [0.25, 0.3) is 0 Å². The number of aromatic nitrogens is 1. The van der Waals surface area contributed by atoms with Crippen molar-refractivity contribution in [2.75, 3.05) is 12.3 Å². The fourth-order valence-corrected chi connectivity index (χ4v) is 0.822. The summed E-state index contributed by atoms with van der Waals surface area (Å²) in [6, 6.07) is 1.00. The summed E-state index contributed by atoms with van der Waals surface area (Å²) < 4.78 is 17.3. The molecule has 0 spiro atoms. The Bertz CT molecular complexity index is 328. The summed E-state index contributed by atoms with van der Waals surface area (Å²) in [6.07, 6.45) is 0.943. The predicted molar refractivity (Wildman–Crippen MR) is 44.6 cm³/mol. The Morgan fingerprint density at radius 3 is 3.08 bits per heavy atom. The van der Waals surface area contributed by atoms with Crippen LogP contribution in [0.1, 0.15) is 17.3 Å². The first-order valence-corrected chi connectivity index (χ1v) is 3.73. The SMILES string of the molecule is CCOC(=O)c1cc(F)cnc1N. The lowest BCUT2D eigenvalue weighted by atomic mass is 10.2. The molecule has 1 aromatic rings. The van der Waals surface area contributed by atoms with Crippen LogP contribution in [0.5, 0.6) is 0 Å². The van der Waals surface area contributed by atoms with Crippen LogP contribution in [0.2, 0.25) is 0 Å². The molecule has 1 aromatic heterocycles.